The third kappa shape index (κ3) is 2.39. The molecular weight excluding hydrogens is 196 g/mol. The van der Waals surface area contributed by atoms with E-state index in [0.717, 1.165) is 5.56 Å². The monoisotopic (exact) mass is 208 g/mol. The lowest BCUT2D eigenvalue weighted by Gasteiger charge is -2.13. The lowest BCUT2D eigenvalue weighted by molar-refractivity contribution is -0.117. The third-order valence-electron chi connectivity index (χ3n) is 1.98. The maximum Gasteiger partial charge on any atom is 0.174 e. The van der Waals surface area contributed by atoms with E-state index in [4.69, 9.17) is 17.0 Å². The summed E-state index contributed by atoms with van der Waals surface area (Å²) >= 11 is 4.99. The molecule has 0 saturated heterocycles. The van der Waals surface area contributed by atoms with Gasteiger partial charge in [0, 0.05) is 0 Å². The molecule has 0 heterocycles. The van der Waals surface area contributed by atoms with Gasteiger partial charge in [-0.15, -0.1) is 0 Å². The van der Waals surface area contributed by atoms with Crippen molar-refractivity contribution in [3.8, 4) is 0 Å². The van der Waals surface area contributed by atoms with Crippen LogP contribution in [0.3, 0.4) is 0 Å². The van der Waals surface area contributed by atoms with Crippen LogP contribution in [0.1, 0.15) is 18.4 Å². The number of carbonyl (C=O) groups excluding carboxylic acids is 1. The molecule has 1 aromatic rings. The van der Waals surface area contributed by atoms with Gasteiger partial charge >= 0.3 is 0 Å². The van der Waals surface area contributed by atoms with E-state index in [0.29, 0.717) is 5.05 Å². The molecule has 0 fully saturated rings. The second-order valence-electron chi connectivity index (χ2n) is 2.98. The number of Topliss-reactive ketones (excluding diaryl/α,β-unsaturated/α-hetero) is 1. The molecule has 0 radical (unpaired) electrons. The van der Waals surface area contributed by atoms with Crippen LogP contribution in [0.25, 0.3) is 0 Å². The van der Waals surface area contributed by atoms with Crippen molar-refractivity contribution in [1.82, 2.24) is 0 Å². The third-order valence-corrected chi connectivity index (χ3v) is 2.38. The number of hydrogen-bond acceptors (Lipinski definition) is 3. The van der Waals surface area contributed by atoms with Gasteiger partial charge in [0.15, 0.2) is 5.05 Å². The molecule has 1 aromatic carbocycles. The number of thiocarbonyl (C=S) groups is 1. The first-order valence-corrected chi connectivity index (χ1v) is 4.71. The maximum atomic E-state index is 11.4. The van der Waals surface area contributed by atoms with E-state index in [1.807, 2.05) is 30.3 Å². The number of carbonyl (C=O) groups is 1. The fourth-order valence-electron chi connectivity index (χ4n) is 1.30. The zero-order valence-electron chi connectivity index (χ0n) is 8.19. The van der Waals surface area contributed by atoms with Gasteiger partial charge in [-0.05, 0) is 24.7 Å². The van der Waals surface area contributed by atoms with Gasteiger partial charge in [-0.3, -0.25) is 4.79 Å². The Balaban J connectivity index is 3.01. The first-order valence-electron chi connectivity index (χ1n) is 4.30. The molecule has 0 aliphatic heterocycles. The quantitative estimate of drug-likeness (QED) is 0.713. The molecular formula is C11H12O2S. The summed E-state index contributed by atoms with van der Waals surface area (Å²) in [5.74, 6) is -0.417. The van der Waals surface area contributed by atoms with Crippen LogP contribution in [0, 0.1) is 0 Å². The fourth-order valence-corrected chi connectivity index (χ4v) is 1.60. The summed E-state index contributed by atoms with van der Waals surface area (Å²) in [6.07, 6.45) is 0. The van der Waals surface area contributed by atoms with Crippen LogP contribution < -0.4 is 0 Å². The van der Waals surface area contributed by atoms with Gasteiger partial charge < -0.3 is 4.74 Å². The SMILES string of the molecule is COC(=S)C(C(C)=O)c1ccccc1. The topological polar surface area (TPSA) is 26.3 Å². The molecule has 3 heteroatoms. The summed E-state index contributed by atoms with van der Waals surface area (Å²) in [4.78, 5) is 11.4. The van der Waals surface area contributed by atoms with Crippen LogP contribution in [0.2, 0.25) is 0 Å². The Morgan fingerprint density at radius 1 is 1.36 bits per heavy atom. The molecule has 2 nitrogen and oxygen atoms in total. The van der Waals surface area contributed by atoms with Gasteiger partial charge in [-0.25, -0.2) is 0 Å². The zero-order chi connectivity index (χ0) is 10.6. The predicted molar refractivity (Wildman–Crippen MR) is 59.5 cm³/mol. The lowest BCUT2D eigenvalue weighted by atomic mass is 9.96. The van der Waals surface area contributed by atoms with Gasteiger partial charge in [0.05, 0.1) is 7.11 Å². The number of rotatable bonds is 3. The fraction of sp³-hybridized carbons (Fsp3) is 0.273. The number of ether oxygens (including phenoxy) is 1. The standard InChI is InChI=1S/C11H12O2S/c1-8(12)10(11(14)13-2)9-6-4-3-5-7-9/h3-7,10H,1-2H3. The highest BCUT2D eigenvalue weighted by Gasteiger charge is 2.21. The van der Waals surface area contributed by atoms with Crippen molar-refractivity contribution in [1.29, 1.82) is 0 Å². The number of benzene rings is 1. The van der Waals surface area contributed by atoms with E-state index < -0.39 is 5.92 Å². The number of ketones is 1. The van der Waals surface area contributed by atoms with E-state index in [1.54, 1.807) is 0 Å². The van der Waals surface area contributed by atoms with Crippen LogP contribution in [0.15, 0.2) is 30.3 Å². The molecule has 14 heavy (non-hydrogen) atoms. The van der Waals surface area contributed by atoms with Crippen LogP contribution in [-0.2, 0) is 9.53 Å². The molecule has 0 aliphatic rings. The number of methoxy groups -OCH3 is 1. The highest BCUT2D eigenvalue weighted by atomic mass is 32.1. The van der Waals surface area contributed by atoms with E-state index >= 15 is 0 Å². The van der Waals surface area contributed by atoms with E-state index in [-0.39, 0.29) is 5.78 Å². The van der Waals surface area contributed by atoms with Crippen molar-refractivity contribution in [3.05, 3.63) is 35.9 Å². The molecule has 0 bridgehead atoms. The van der Waals surface area contributed by atoms with Crippen molar-refractivity contribution in [3.63, 3.8) is 0 Å². The highest BCUT2D eigenvalue weighted by Crippen LogP contribution is 2.19. The van der Waals surface area contributed by atoms with Crippen molar-refractivity contribution in [2.45, 2.75) is 12.8 Å². The van der Waals surface area contributed by atoms with Gasteiger partial charge in [0.25, 0.3) is 0 Å². The normalized spacial score (nSPS) is 11.9. The Bertz CT molecular complexity index is 332. The molecule has 1 unspecified atom stereocenters. The summed E-state index contributed by atoms with van der Waals surface area (Å²) in [6, 6.07) is 9.40. The van der Waals surface area contributed by atoms with Crippen LogP contribution >= 0.6 is 12.2 Å². The van der Waals surface area contributed by atoms with Gasteiger partial charge in [0.1, 0.15) is 11.7 Å². The lowest BCUT2D eigenvalue weighted by Crippen LogP contribution is -2.19. The van der Waals surface area contributed by atoms with Crippen LogP contribution in [-0.4, -0.2) is 17.9 Å². The first-order chi connectivity index (χ1) is 6.66. The van der Waals surface area contributed by atoms with E-state index in [1.165, 1.54) is 14.0 Å². The smallest absolute Gasteiger partial charge is 0.174 e. The molecule has 0 spiro atoms. The molecule has 0 aliphatic carbocycles. The molecule has 0 aromatic heterocycles. The molecule has 0 N–H and O–H groups in total. The second kappa shape index (κ2) is 4.86. The Morgan fingerprint density at radius 2 is 1.93 bits per heavy atom. The van der Waals surface area contributed by atoms with Crippen LogP contribution in [0.5, 0.6) is 0 Å². The first kappa shape index (κ1) is 10.9. The average Bonchev–Trinajstić information content (AvgIpc) is 2.19. The molecule has 0 saturated carbocycles. The minimum absolute atomic E-state index is 0.00282. The van der Waals surface area contributed by atoms with E-state index in [9.17, 15) is 4.79 Å². The van der Waals surface area contributed by atoms with Crippen LogP contribution in [0.4, 0.5) is 0 Å². The largest absolute Gasteiger partial charge is 0.489 e. The highest BCUT2D eigenvalue weighted by molar-refractivity contribution is 7.80. The van der Waals surface area contributed by atoms with Crippen molar-refractivity contribution >= 4 is 23.1 Å². The summed E-state index contributed by atoms with van der Waals surface area (Å²) in [5.41, 5.74) is 0.881. The minimum atomic E-state index is -0.420. The van der Waals surface area contributed by atoms with Gasteiger partial charge in [-0.2, -0.15) is 0 Å². The Morgan fingerprint density at radius 3 is 2.36 bits per heavy atom. The zero-order valence-corrected chi connectivity index (χ0v) is 9.01. The maximum absolute atomic E-state index is 11.4. The molecule has 0 amide bonds. The molecule has 74 valence electrons. The predicted octanol–water partition coefficient (Wildman–Crippen LogP) is 2.33. The second-order valence-corrected chi connectivity index (χ2v) is 3.38. The Labute approximate surface area is 88.9 Å². The average molecular weight is 208 g/mol. The van der Waals surface area contributed by atoms with Crippen molar-refractivity contribution in [2.24, 2.45) is 0 Å². The summed E-state index contributed by atoms with van der Waals surface area (Å²) in [6.45, 7) is 1.52. The van der Waals surface area contributed by atoms with Crippen molar-refractivity contribution < 1.29 is 9.53 Å². The van der Waals surface area contributed by atoms with Gasteiger partial charge in [0.2, 0.25) is 0 Å². The molecule has 1 rings (SSSR count). The van der Waals surface area contributed by atoms with E-state index in [2.05, 4.69) is 0 Å². The van der Waals surface area contributed by atoms with Gasteiger partial charge in [-0.1, -0.05) is 30.3 Å². The number of hydrogen-bond donors (Lipinski definition) is 0. The summed E-state index contributed by atoms with van der Waals surface area (Å²) in [5, 5.41) is 0.323. The summed E-state index contributed by atoms with van der Waals surface area (Å²) < 4.78 is 4.94. The Hall–Kier alpha value is -1.22. The summed E-state index contributed by atoms with van der Waals surface area (Å²) in [7, 11) is 1.49. The minimum Gasteiger partial charge on any atom is -0.489 e. The van der Waals surface area contributed by atoms with Crippen molar-refractivity contribution in [2.75, 3.05) is 7.11 Å². The Kier molecular flexibility index (Phi) is 3.77. The molecule has 1 atom stereocenters.